The SMILES string of the molecule is Cc1ccccc1-c1nc(NC(=O)[C@@H](C)Oc2cccc(C)c2C)no1. The first kappa shape index (κ1) is 17.7. The maximum absolute atomic E-state index is 12.4. The van der Waals surface area contributed by atoms with Gasteiger partial charge in [0.25, 0.3) is 17.7 Å². The van der Waals surface area contributed by atoms with Crippen LogP contribution < -0.4 is 10.1 Å². The van der Waals surface area contributed by atoms with Crippen LogP contribution in [0.3, 0.4) is 0 Å². The van der Waals surface area contributed by atoms with Crippen molar-refractivity contribution in [1.82, 2.24) is 10.1 Å². The van der Waals surface area contributed by atoms with E-state index in [0.717, 1.165) is 22.3 Å². The molecule has 1 atom stereocenters. The number of benzene rings is 2. The molecular formula is C20H21N3O3. The molecule has 0 saturated heterocycles. The molecule has 6 heteroatoms. The fourth-order valence-electron chi connectivity index (χ4n) is 2.50. The predicted molar refractivity (Wildman–Crippen MR) is 99.1 cm³/mol. The Morgan fingerprint density at radius 2 is 1.81 bits per heavy atom. The van der Waals surface area contributed by atoms with Crippen LogP contribution in [0.15, 0.2) is 47.0 Å². The van der Waals surface area contributed by atoms with Crippen molar-refractivity contribution < 1.29 is 14.1 Å². The van der Waals surface area contributed by atoms with E-state index < -0.39 is 6.10 Å². The van der Waals surface area contributed by atoms with Crippen LogP contribution in [-0.4, -0.2) is 22.2 Å². The second kappa shape index (κ2) is 7.39. The minimum Gasteiger partial charge on any atom is -0.481 e. The Labute approximate surface area is 152 Å². The second-order valence-corrected chi connectivity index (χ2v) is 6.19. The van der Waals surface area contributed by atoms with Crippen molar-refractivity contribution in [3.63, 3.8) is 0 Å². The zero-order valence-corrected chi connectivity index (χ0v) is 15.2. The van der Waals surface area contributed by atoms with E-state index in [9.17, 15) is 4.79 Å². The number of nitrogens with zero attached hydrogens (tertiary/aromatic N) is 2. The van der Waals surface area contributed by atoms with Crippen molar-refractivity contribution in [3.8, 4) is 17.2 Å². The molecule has 0 unspecified atom stereocenters. The molecule has 3 aromatic rings. The summed E-state index contributed by atoms with van der Waals surface area (Å²) in [6, 6.07) is 13.4. The summed E-state index contributed by atoms with van der Waals surface area (Å²) in [6.07, 6.45) is -0.698. The zero-order chi connectivity index (χ0) is 18.7. The quantitative estimate of drug-likeness (QED) is 0.750. The lowest BCUT2D eigenvalue weighted by molar-refractivity contribution is -0.122. The fourth-order valence-corrected chi connectivity index (χ4v) is 2.50. The highest BCUT2D eigenvalue weighted by atomic mass is 16.5. The molecule has 0 bridgehead atoms. The molecule has 0 saturated carbocycles. The molecule has 2 aromatic carbocycles. The molecule has 0 aliphatic carbocycles. The molecule has 0 aliphatic heterocycles. The first-order valence-electron chi connectivity index (χ1n) is 8.39. The highest BCUT2D eigenvalue weighted by molar-refractivity contribution is 5.92. The molecular weight excluding hydrogens is 330 g/mol. The number of hydrogen-bond acceptors (Lipinski definition) is 5. The lowest BCUT2D eigenvalue weighted by Crippen LogP contribution is -2.30. The Hall–Kier alpha value is -3.15. The van der Waals surface area contributed by atoms with Crippen molar-refractivity contribution in [2.45, 2.75) is 33.8 Å². The summed E-state index contributed by atoms with van der Waals surface area (Å²) in [5.74, 6) is 0.815. The number of aryl methyl sites for hydroxylation is 2. The van der Waals surface area contributed by atoms with Gasteiger partial charge in [-0.25, -0.2) is 0 Å². The van der Waals surface area contributed by atoms with Gasteiger partial charge in [-0.2, -0.15) is 4.98 Å². The number of rotatable bonds is 5. The van der Waals surface area contributed by atoms with Gasteiger partial charge in [-0.15, -0.1) is 0 Å². The van der Waals surface area contributed by atoms with Gasteiger partial charge in [0.15, 0.2) is 6.10 Å². The predicted octanol–water partition coefficient (Wildman–Crippen LogP) is 4.07. The van der Waals surface area contributed by atoms with E-state index in [0.29, 0.717) is 11.6 Å². The van der Waals surface area contributed by atoms with E-state index in [4.69, 9.17) is 9.26 Å². The number of ether oxygens (including phenoxy) is 1. The summed E-state index contributed by atoms with van der Waals surface area (Å²) >= 11 is 0. The average Bonchev–Trinajstić information content (AvgIpc) is 3.07. The third kappa shape index (κ3) is 3.74. The average molecular weight is 351 g/mol. The van der Waals surface area contributed by atoms with Gasteiger partial charge in [0, 0.05) is 5.56 Å². The highest BCUT2D eigenvalue weighted by Gasteiger charge is 2.19. The topological polar surface area (TPSA) is 77.2 Å². The molecule has 3 rings (SSSR count). The van der Waals surface area contributed by atoms with Crippen molar-refractivity contribution in [2.75, 3.05) is 5.32 Å². The number of carbonyl (C=O) groups excluding carboxylic acids is 1. The van der Waals surface area contributed by atoms with Gasteiger partial charge in [0.1, 0.15) is 5.75 Å². The molecule has 26 heavy (non-hydrogen) atoms. The van der Waals surface area contributed by atoms with E-state index in [2.05, 4.69) is 15.5 Å². The van der Waals surface area contributed by atoms with Crippen LogP contribution >= 0.6 is 0 Å². The molecule has 134 valence electrons. The van der Waals surface area contributed by atoms with Gasteiger partial charge in [0.2, 0.25) is 0 Å². The van der Waals surface area contributed by atoms with Crippen molar-refractivity contribution in [1.29, 1.82) is 0 Å². The van der Waals surface area contributed by atoms with Crippen LogP contribution in [0.4, 0.5) is 5.95 Å². The van der Waals surface area contributed by atoms with Gasteiger partial charge < -0.3 is 9.26 Å². The lowest BCUT2D eigenvalue weighted by atomic mass is 10.1. The maximum atomic E-state index is 12.4. The summed E-state index contributed by atoms with van der Waals surface area (Å²) in [7, 11) is 0. The first-order chi connectivity index (χ1) is 12.5. The molecule has 1 N–H and O–H groups in total. The summed E-state index contributed by atoms with van der Waals surface area (Å²) < 4.78 is 11.0. The molecule has 0 spiro atoms. The molecule has 1 heterocycles. The Morgan fingerprint density at radius 1 is 1.08 bits per heavy atom. The van der Waals surface area contributed by atoms with Gasteiger partial charge in [-0.3, -0.25) is 10.1 Å². The number of amides is 1. The van der Waals surface area contributed by atoms with Gasteiger partial charge in [-0.05, 0) is 61.7 Å². The zero-order valence-electron chi connectivity index (χ0n) is 15.2. The third-order valence-electron chi connectivity index (χ3n) is 4.26. The molecule has 0 aliphatic rings. The standard InChI is InChI=1S/C20H21N3O3/c1-12-9-7-11-17(14(12)3)25-15(4)18(24)21-20-22-19(26-23-20)16-10-6-5-8-13(16)2/h5-11,15H,1-4H3,(H,21,23,24)/t15-/m1/s1. The summed E-state index contributed by atoms with van der Waals surface area (Å²) in [5.41, 5.74) is 3.96. The van der Waals surface area contributed by atoms with Crippen molar-refractivity contribution in [2.24, 2.45) is 0 Å². The Morgan fingerprint density at radius 3 is 2.58 bits per heavy atom. The number of nitrogens with one attached hydrogen (secondary N) is 1. The molecule has 6 nitrogen and oxygen atoms in total. The van der Waals surface area contributed by atoms with E-state index in [1.54, 1.807) is 6.92 Å². The highest BCUT2D eigenvalue weighted by Crippen LogP contribution is 2.23. The maximum Gasteiger partial charge on any atom is 0.270 e. The number of carbonyl (C=O) groups is 1. The minimum atomic E-state index is -0.698. The van der Waals surface area contributed by atoms with Crippen molar-refractivity contribution in [3.05, 3.63) is 59.2 Å². The lowest BCUT2D eigenvalue weighted by Gasteiger charge is -2.16. The van der Waals surface area contributed by atoms with Gasteiger partial charge in [0.05, 0.1) is 0 Å². The monoisotopic (exact) mass is 351 g/mol. The van der Waals surface area contributed by atoms with Crippen molar-refractivity contribution >= 4 is 11.9 Å². The van der Waals surface area contributed by atoms with Crippen LogP contribution in [0.1, 0.15) is 23.6 Å². The Kier molecular flexibility index (Phi) is 5.02. The minimum absolute atomic E-state index is 0.115. The van der Waals surface area contributed by atoms with Gasteiger partial charge in [-0.1, -0.05) is 30.3 Å². The van der Waals surface area contributed by atoms with E-state index in [1.165, 1.54) is 0 Å². The normalized spacial score (nSPS) is 11.8. The van der Waals surface area contributed by atoms with Crippen LogP contribution in [0, 0.1) is 20.8 Å². The second-order valence-electron chi connectivity index (χ2n) is 6.19. The van der Waals surface area contributed by atoms with E-state index in [-0.39, 0.29) is 11.9 Å². The Bertz CT molecular complexity index is 934. The summed E-state index contributed by atoms with van der Waals surface area (Å²) in [4.78, 5) is 16.6. The van der Waals surface area contributed by atoms with E-state index in [1.807, 2.05) is 63.2 Å². The van der Waals surface area contributed by atoms with Gasteiger partial charge >= 0.3 is 0 Å². The Balaban J connectivity index is 1.68. The van der Waals surface area contributed by atoms with Crippen LogP contribution in [0.2, 0.25) is 0 Å². The summed E-state index contributed by atoms with van der Waals surface area (Å²) in [5, 5.41) is 6.45. The van der Waals surface area contributed by atoms with Crippen LogP contribution in [0.5, 0.6) is 5.75 Å². The molecule has 0 fully saturated rings. The smallest absolute Gasteiger partial charge is 0.270 e. The molecule has 1 amide bonds. The molecule has 1 aromatic heterocycles. The molecule has 0 radical (unpaired) electrons. The number of aromatic nitrogens is 2. The summed E-state index contributed by atoms with van der Waals surface area (Å²) in [6.45, 7) is 7.60. The van der Waals surface area contributed by atoms with Crippen LogP contribution in [-0.2, 0) is 4.79 Å². The first-order valence-corrected chi connectivity index (χ1v) is 8.39. The number of hydrogen-bond donors (Lipinski definition) is 1. The van der Waals surface area contributed by atoms with Crippen LogP contribution in [0.25, 0.3) is 11.5 Å². The largest absolute Gasteiger partial charge is 0.481 e. The fraction of sp³-hybridized carbons (Fsp3) is 0.250. The number of anilines is 1. The van der Waals surface area contributed by atoms with E-state index >= 15 is 0 Å². The third-order valence-corrected chi connectivity index (χ3v) is 4.26.